The second-order valence-electron chi connectivity index (χ2n) is 3.63. The van der Waals surface area contributed by atoms with Gasteiger partial charge in [0, 0.05) is 5.22 Å². The summed E-state index contributed by atoms with van der Waals surface area (Å²) in [5.41, 5.74) is 0. The monoisotopic (exact) mass is 270 g/mol. The van der Waals surface area contributed by atoms with Crippen molar-refractivity contribution in [2.75, 3.05) is 0 Å². The normalized spacial score (nSPS) is 19.3. The fraction of sp³-hybridized carbons (Fsp3) is 0.364. The molecule has 80 valence electrons. The molecule has 0 radical (unpaired) electrons. The summed E-state index contributed by atoms with van der Waals surface area (Å²) in [6.45, 7) is 5.22. The smallest absolute Gasteiger partial charge is 0.132 e. The molecular formula is C11H12BrFN2. The maximum absolute atomic E-state index is 13.1. The Labute approximate surface area is 95.9 Å². The van der Waals surface area contributed by atoms with Gasteiger partial charge in [-0.15, -0.1) is 0 Å². The molecule has 2 rings (SSSR count). The van der Waals surface area contributed by atoms with E-state index in [2.05, 4.69) is 27.6 Å². The van der Waals surface area contributed by atoms with Crippen LogP contribution in [-0.2, 0) is 0 Å². The highest BCUT2D eigenvalue weighted by molar-refractivity contribution is 9.15. The first-order valence-corrected chi connectivity index (χ1v) is 5.69. The number of hydrogen-bond acceptors (Lipinski definition) is 1. The van der Waals surface area contributed by atoms with Crippen LogP contribution in [0.3, 0.4) is 0 Å². The molecule has 0 aliphatic heterocycles. The highest BCUT2D eigenvalue weighted by atomic mass is 79.9. The molecule has 1 heterocycles. The van der Waals surface area contributed by atoms with Crippen molar-refractivity contribution in [3.05, 3.63) is 29.2 Å². The second kappa shape index (κ2) is 3.93. The Morgan fingerprint density at radius 1 is 1.73 bits per heavy atom. The summed E-state index contributed by atoms with van der Waals surface area (Å²) in [6, 6.07) is 0.431. The minimum absolute atomic E-state index is 0.403. The third kappa shape index (κ3) is 1.91. The van der Waals surface area contributed by atoms with E-state index in [1.165, 1.54) is 0 Å². The van der Waals surface area contributed by atoms with Crippen LogP contribution in [0.2, 0.25) is 0 Å². The zero-order valence-electron chi connectivity index (χ0n) is 8.50. The van der Waals surface area contributed by atoms with Gasteiger partial charge in [-0.3, -0.25) is 4.68 Å². The van der Waals surface area contributed by atoms with Crippen molar-refractivity contribution in [3.8, 4) is 0 Å². The van der Waals surface area contributed by atoms with Crippen molar-refractivity contribution in [2.24, 2.45) is 0 Å². The third-order valence-corrected chi connectivity index (χ3v) is 3.28. The van der Waals surface area contributed by atoms with E-state index in [0.717, 1.165) is 23.4 Å². The first kappa shape index (κ1) is 10.6. The third-order valence-electron chi connectivity index (χ3n) is 2.47. The van der Waals surface area contributed by atoms with E-state index in [9.17, 15) is 4.39 Å². The van der Waals surface area contributed by atoms with E-state index in [-0.39, 0.29) is 0 Å². The van der Waals surface area contributed by atoms with Crippen LogP contribution in [0.15, 0.2) is 18.6 Å². The standard InChI is InChI=1S/C11H12BrFN2/c1-3-8-6-14-15(9-4-5-9)11(8)10(12)7(2)13/h3,6,9H,2,4-5H2,1H3/b8-3-,11-10-. The zero-order chi connectivity index (χ0) is 11.0. The number of aromatic nitrogens is 2. The van der Waals surface area contributed by atoms with Crippen LogP contribution in [-0.4, -0.2) is 9.78 Å². The number of halogens is 2. The minimum atomic E-state index is -0.458. The molecule has 1 saturated carbocycles. The van der Waals surface area contributed by atoms with Crippen molar-refractivity contribution < 1.29 is 4.39 Å². The summed E-state index contributed by atoms with van der Waals surface area (Å²) >= 11 is 3.23. The van der Waals surface area contributed by atoms with E-state index in [1.807, 2.05) is 17.7 Å². The van der Waals surface area contributed by atoms with E-state index >= 15 is 0 Å². The van der Waals surface area contributed by atoms with Crippen LogP contribution >= 0.6 is 15.9 Å². The molecule has 0 unspecified atom stereocenters. The molecule has 0 saturated heterocycles. The summed E-state index contributed by atoms with van der Waals surface area (Å²) in [6.07, 6.45) is 5.93. The molecule has 0 aromatic carbocycles. The lowest BCUT2D eigenvalue weighted by molar-refractivity contribution is 0.617. The molecule has 1 aliphatic rings. The first-order chi connectivity index (χ1) is 7.15. The topological polar surface area (TPSA) is 17.8 Å². The fourth-order valence-electron chi connectivity index (χ4n) is 1.54. The summed E-state index contributed by atoms with van der Waals surface area (Å²) in [7, 11) is 0. The summed E-state index contributed by atoms with van der Waals surface area (Å²) in [5.74, 6) is -0.458. The van der Waals surface area contributed by atoms with Gasteiger partial charge in [-0.05, 0) is 35.7 Å². The van der Waals surface area contributed by atoms with Gasteiger partial charge in [-0.25, -0.2) is 4.39 Å². The SMILES string of the molecule is C=C(F)/C(Br)=c1\c(=C/C)cnn1C1CC1. The Morgan fingerprint density at radius 2 is 2.40 bits per heavy atom. The van der Waals surface area contributed by atoms with Crippen molar-refractivity contribution >= 4 is 26.5 Å². The number of hydrogen-bond donors (Lipinski definition) is 0. The van der Waals surface area contributed by atoms with Gasteiger partial charge in [0.1, 0.15) is 5.83 Å². The lowest BCUT2D eigenvalue weighted by atomic mass is 10.3. The van der Waals surface area contributed by atoms with Crippen molar-refractivity contribution in [2.45, 2.75) is 25.8 Å². The Kier molecular flexibility index (Phi) is 2.78. The van der Waals surface area contributed by atoms with Crippen LogP contribution < -0.4 is 10.6 Å². The predicted octanol–water partition coefficient (Wildman–Crippen LogP) is 2.00. The molecule has 0 atom stereocenters. The summed E-state index contributed by atoms with van der Waals surface area (Å²) in [4.78, 5) is 0. The van der Waals surface area contributed by atoms with Gasteiger partial charge < -0.3 is 0 Å². The molecule has 2 nitrogen and oxygen atoms in total. The van der Waals surface area contributed by atoms with Crippen molar-refractivity contribution in [1.82, 2.24) is 9.78 Å². The van der Waals surface area contributed by atoms with Crippen LogP contribution in [0.4, 0.5) is 4.39 Å². The Bertz CT molecular complexity index is 511. The number of nitrogens with zero attached hydrogens (tertiary/aromatic N) is 2. The van der Waals surface area contributed by atoms with Gasteiger partial charge in [0.2, 0.25) is 0 Å². The van der Waals surface area contributed by atoms with Crippen LogP contribution in [0, 0.1) is 0 Å². The molecule has 15 heavy (non-hydrogen) atoms. The minimum Gasteiger partial charge on any atom is -0.261 e. The maximum atomic E-state index is 13.1. The Balaban J connectivity index is 2.76. The van der Waals surface area contributed by atoms with Crippen molar-refractivity contribution in [1.29, 1.82) is 0 Å². The fourth-order valence-corrected chi connectivity index (χ4v) is 1.95. The van der Waals surface area contributed by atoms with Gasteiger partial charge in [-0.2, -0.15) is 5.10 Å². The zero-order valence-corrected chi connectivity index (χ0v) is 10.1. The average Bonchev–Trinajstić information content (AvgIpc) is 2.96. The van der Waals surface area contributed by atoms with E-state index < -0.39 is 5.83 Å². The molecule has 1 aliphatic carbocycles. The van der Waals surface area contributed by atoms with E-state index in [1.54, 1.807) is 6.20 Å². The second-order valence-corrected chi connectivity index (χ2v) is 4.42. The molecule has 1 fully saturated rings. The molecule has 0 N–H and O–H groups in total. The summed E-state index contributed by atoms with van der Waals surface area (Å²) in [5, 5.41) is 6.02. The first-order valence-electron chi connectivity index (χ1n) is 4.89. The molecular weight excluding hydrogens is 259 g/mol. The molecule has 0 spiro atoms. The van der Waals surface area contributed by atoms with Crippen LogP contribution in [0.5, 0.6) is 0 Å². The molecule has 4 heteroatoms. The quantitative estimate of drug-likeness (QED) is 0.804. The maximum Gasteiger partial charge on any atom is 0.132 e. The molecule has 0 amide bonds. The lowest BCUT2D eigenvalue weighted by Gasteiger charge is -1.99. The summed E-state index contributed by atoms with van der Waals surface area (Å²) < 4.78 is 15.4. The average molecular weight is 271 g/mol. The van der Waals surface area contributed by atoms with Crippen LogP contribution in [0.25, 0.3) is 10.6 Å². The number of allylic oxidation sites excluding steroid dienone is 1. The predicted molar refractivity (Wildman–Crippen MR) is 62.5 cm³/mol. The van der Waals surface area contributed by atoms with Gasteiger partial charge >= 0.3 is 0 Å². The van der Waals surface area contributed by atoms with Crippen molar-refractivity contribution in [3.63, 3.8) is 0 Å². The molecule has 1 aromatic rings. The highest BCUT2D eigenvalue weighted by Gasteiger charge is 2.25. The Hall–Kier alpha value is -0.900. The molecule has 0 bridgehead atoms. The molecule has 1 aromatic heterocycles. The largest absolute Gasteiger partial charge is 0.261 e. The van der Waals surface area contributed by atoms with E-state index in [4.69, 9.17) is 0 Å². The lowest BCUT2D eigenvalue weighted by Crippen LogP contribution is -2.30. The van der Waals surface area contributed by atoms with Gasteiger partial charge in [0.05, 0.1) is 22.1 Å². The van der Waals surface area contributed by atoms with E-state index in [0.29, 0.717) is 10.5 Å². The van der Waals surface area contributed by atoms with Crippen LogP contribution in [0.1, 0.15) is 25.8 Å². The van der Waals surface area contributed by atoms with Gasteiger partial charge in [-0.1, -0.05) is 12.7 Å². The van der Waals surface area contributed by atoms with Gasteiger partial charge in [0.15, 0.2) is 0 Å². The Morgan fingerprint density at radius 3 is 2.87 bits per heavy atom. The number of rotatable bonds is 2. The highest BCUT2D eigenvalue weighted by Crippen LogP contribution is 2.32. The van der Waals surface area contributed by atoms with Gasteiger partial charge in [0.25, 0.3) is 0 Å².